The molecule has 0 aliphatic heterocycles. The molecular weight excluding hydrogens is 320 g/mol. The smallest absolute Gasteiger partial charge is 0.323 e. The third-order valence-corrected chi connectivity index (χ3v) is 3.53. The number of anilines is 1. The Kier molecular flexibility index (Phi) is 4.33. The van der Waals surface area contributed by atoms with E-state index in [9.17, 15) is 14.9 Å². The standard InChI is InChI=1S/C15H12N4O3.ClH/c1-9-4-2-3-7-18(9)14-13(16)11-8-10(19(21)22)5-6-12(11)17-15(14)20;/h2-8H,1H3,(H2-,16,17,20);1H. The van der Waals surface area contributed by atoms with Gasteiger partial charge in [0.15, 0.2) is 11.9 Å². The monoisotopic (exact) mass is 332 g/mol. The quantitative estimate of drug-likeness (QED) is 0.342. The third-order valence-electron chi connectivity index (χ3n) is 3.53. The van der Waals surface area contributed by atoms with Gasteiger partial charge in [-0.3, -0.25) is 14.9 Å². The van der Waals surface area contributed by atoms with Gasteiger partial charge in [-0.05, 0) is 6.07 Å². The number of nitro benzene ring substituents is 1. The summed E-state index contributed by atoms with van der Waals surface area (Å²) < 4.78 is 1.66. The molecular formula is C15H13ClN4O3. The summed E-state index contributed by atoms with van der Waals surface area (Å²) in [6.07, 6.45) is 1.72. The molecule has 118 valence electrons. The van der Waals surface area contributed by atoms with Crippen molar-refractivity contribution >= 4 is 22.3 Å². The molecule has 0 aliphatic rings. The lowest BCUT2D eigenvalue weighted by atomic mass is 10.1. The van der Waals surface area contributed by atoms with Crippen molar-refractivity contribution in [2.75, 3.05) is 5.73 Å². The van der Waals surface area contributed by atoms with Crippen LogP contribution < -0.4 is 28.3 Å². The molecule has 0 fully saturated rings. The Balaban J connectivity index is 0.00000192. The van der Waals surface area contributed by atoms with Gasteiger partial charge in [-0.15, -0.1) is 0 Å². The van der Waals surface area contributed by atoms with Crippen LogP contribution in [0.3, 0.4) is 0 Å². The number of H-pyrrole nitrogens is 1. The number of non-ortho nitro benzene ring substituents is 1. The van der Waals surface area contributed by atoms with Crippen LogP contribution in [-0.4, -0.2) is 9.91 Å². The van der Waals surface area contributed by atoms with Crippen molar-refractivity contribution in [3.8, 4) is 5.69 Å². The number of aryl methyl sites for hydroxylation is 1. The average Bonchev–Trinajstić information content (AvgIpc) is 2.48. The summed E-state index contributed by atoms with van der Waals surface area (Å²) in [5, 5.41) is 11.4. The molecule has 8 heteroatoms. The number of nitrogens with two attached hydrogens (primary N) is 1. The molecule has 0 saturated heterocycles. The summed E-state index contributed by atoms with van der Waals surface area (Å²) in [5.41, 5.74) is 7.45. The second kappa shape index (κ2) is 6.05. The third kappa shape index (κ3) is 2.74. The van der Waals surface area contributed by atoms with Crippen LogP contribution in [0.25, 0.3) is 16.6 Å². The number of benzene rings is 1. The second-order valence-corrected chi connectivity index (χ2v) is 4.92. The molecule has 7 nitrogen and oxygen atoms in total. The maximum Gasteiger partial charge on any atom is 0.323 e. The highest BCUT2D eigenvalue weighted by atomic mass is 35.5. The van der Waals surface area contributed by atoms with E-state index in [1.54, 1.807) is 16.8 Å². The van der Waals surface area contributed by atoms with Crippen molar-refractivity contribution in [1.82, 2.24) is 4.98 Å². The molecule has 0 radical (unpaired) electrons. The molecule has 23 heavy (non-hydrogen) atoms. The molecule has 1 aromatic carbocycles. The molecule has 3 N–H and O–H groups in total. The Morgan fingerprint density at radius 1 is 1.26 bits per heavy atom. The summed E-state index contributed by atoms with van der Waals surface area (Å²) in [6.45, 7) is 1.84. The van der Waals surface area contributed by atoms with Gasteiger partial charge in [0.1, 0.15) is 5.69 Å². The van der Waals surface area contributed by atoms with Gasteiger partial charge < -0.3 is 23.1 Å². The van der Waals surface area contributed by atoms with Crippen LogP contribution in [0.2, 0.25) is 0 Å². The van der Waals surface area contributed by atoms with Gasteiger partial charge in [-0.1, -0.05) is 6.07 Å². The summed E-state index contributed by atoms with van der Waals surface area (Å²) >= 11 is 0. The van der Waals surface area contributed by atoms with Crippen molar-refractivity contribution in [3.63, 3.8) is 0 Å². The number of halogens is 1. The summed E-state index contributed by atoms with van der Waals surface area (Å²) in [6, 6.07) is 9.65. The highest BCUT2D eigenvalue weighted by Gasteiger charge is 2.22. The molecule has 2 aromatic heterocycles. The van der Waals surface area contributed by atoms with E-state index >= 15 is 0 Å². The van der Waals surface area contributed by atoms with E-state index in [0.29, 0.717) is 10.9 Å². The van der Waals surface area contributed by atoms with Crippen LogP contribution in [0, 0.1) is 17.0 Å². The molecule has 3 aromatic rings. The molecule has 0 atom stereocenters. The van der Waals surface area contributed by atoms with E-state index < -0.39 is 4.92 Å². The lowest BCUT2D eigenvalue weighted by molar-refractivity contribution is -0.602. The molecule has 0 bridgehead atoms. The van der Waals surface area contributed by atoms with Crippen LogP contribution in [0.5, 0.6) is 0 Å². The number of pyridine rings is 2. The van der Waals surface area contributed by atoms with Crippen molar-refractivity contribution in [1.29, 1.82) is 0 Å². The maximum absolute atomic E-state index is 12.3. The number of nitrogens with zero attached hydrogens (tertiary/aromatic N) is 2. The number of aromatic amines is 1. The van der Waals surface area contributed by atoms with Crippen molar-refractivity contribution in [2.45, 2.75) is 6.92 Å². The molecule has 0 aliphatic carbocycles. The number of rotatable bonds is 2. The number of aromatic nitrogens is 2. The fraction of sp³-hybridized carbons (Fsp3) is 0.0667. The van der Waals surface area contributed by atoms with Crippen molar-refractivity contribution in [2.24, 2.45) is 0 Å². The lowest BCUT2D eigenvalue weighted by Gasteiger charge is -2.05. The maximum atomic E-state index is 12.3. The van der Waals surface area contributed by atoms with Crippen molar-refractivity contribution < 1.29 is 21.9 Å². The van der Waals surface area contributed by atoms with Gasteiger partial charge >= 0.3 is 5.56 Å². The largest absolute Gasteiger partial charge is 1.00 e. The van der Waals surface area contributed by atoms with E-state index in [1.807, 2.05) is 19.1 Å². The van der Waals surface area contributed by atoms with Gasteiger partial charge in [0, 0.05) is 36.6 Å². The molecule has 0 amide bonds. The van der Waals surface area contributed by atoms with E-state index in [2.05, 4.69) is 4.98 Å². The second-order valence-electron chi connectivity index (χ2n) is 4.92. The summed E-state index contributed by atoms with van der Waals surface area (Å²) in [5.74, 6) is 0. The van der Waals surface area contributed by atoms with Gasteiger partial charge in [0.05, 0.1) is 10.4 Å². The first-order valence-corrected chi connectivity index (χ1v) is 6.56. The van der Waals surface area contributed by atoms with E-state index in [1.165, 1.54) is 18.2 Å². The van der Waals surface area contributed by atoms with Gasteiger partial charge in [0.2, 0.25) is 0 Å². The van der Waals surface area contributed by atoms with E-state index in [0.717, 1.165) is 5.69 Å². The Hall–Kier alpha value is -2.93. The van der Waals surface area contributed by atoms with Gasteiger partial charge in [-0.25, -0.2) is 0 Å². The topological polar surface area (TPSA) is 106 Å². The molecule has 0 spiro atoms. The zero-order valence-electron chi connectivity index (χ0n) is 12.1. The summed E-state index contributed by atoms with van der Waals surface area (Å²) in [4.78, 5) is 25.5. The SMILES string of the molecule is Cc1cccc[n+]1-c1c(N)c2cc([N+](=O)[O-])ccc2[nH]c1=O.[Cl-]. The van der Waals surface area contributed by atoms with Gasteiger partial charge in [-0.2, -0.15) is 4.57 Å². The highest BCUT2D eigenvalue weighted by molar-refractivity contribution is 5.94. The molecule has 0 saturated carbocycles. The zero-order chi connectivity index (χ0) is 15.9. The van der Waals surface area contributed by atoms with Crippen LogP contribution in [0.4, 0.5) is 11.4 Å². The van der Waals surface area contributed by atoms with E-state index in [4.69, 9.17) is 5.73 Å². The minimum Gasteiger partial charge on any atom is -1.00 e. The predicted molar refractivity (Wildman–Crippen MR) is 81.9 cm³/mol. The van der Waals surface area contributed by atoms with Crippen LogP contribution in [0.1, 0.15) is 5.69 Å². The number of hydrogen-bond acceptors (Lipinski definition) is 4. The fourth-order valence-corrected chi connectivity index (χ4v) is 2.43. The minimum atomic E-state index is -0.495. The fourth-order valence-electron chi connectivity index (χ4n) is 2.43. The Bertz CT molecular complexity index is 969. The number of nitro groups is 1. The van der Waals surface area contributed by atoms with Crippen LogP contribution in [0.15, 0.2) is 47.4 Å². The van der Waals surface area contributed by atoms with Crippen LogP contribution in [-0.2, 0) is 0 Å². The Morgan fingerprint density at radius 3 is 2.65 bits per heavy atom. The first-order valence-electron chi connectivity index (χ1n) is 6.56. The normalized spacial score (nSPS) is 10.3. The summed E-state index contributed by atoms with van der Waals surface area (Å²) in [7, 11) is 0. The average molecular weight is 333 g/mol. The van der Waals surface area contributed by atoms with Crippen molar-refractivity contribution in [3.05, 3.63) is 68.8 Å². The predicted octanol–water partition coefficient (Wildman–Crippen LogP) is -1.39. The number of hydrogen-bond donors (Lipinski definition) is 2. The number of nitrogen functional groups attached to an aromatic ring is 1. The number of fused-ring (bicyclic) bond motifs is 1. The van der Waals surface area contributed by atoms with Crippen LogP contribution >= 0.6 is 0 Å². The number of nitrogens with one attached hydrogen (secondary N) is 1. The van der Waals surface area contributed by atoms with E-state index in [-0.39, 0.29) is 35.0 Å². The Morgan fingerprint density at radius 2 is 2.00 bits per heavy atom. The highest BCUT2D eigenvalue weighted by Crippen LogP contribution is 2.25. The molecule has 0 unspecified atom stereocenters. The molecule has 3 rings (SSSR count). The first-order chi connectivity index (χ1) is 10.5. The molecule has 2 heterocycles. The zero-order valence-corrected chi connectivity index (χ0v) is 12.9. The lowest BCUT2D eigenvalue weighted by Crippen LogP contribution is -3.00. The first kappa shape index (κ1) is 16.4. The minimum absolute atomic E-state index is 0. The Labute approximate surface area is 136 Å². The van der Waals surface area contributed by atoms with Gasteiger partial charge in [0.25, 0.3) is 11.4 Å².